The van der Waals surface area contributed by atoms with Gasteiger partial charge in [-0.2, -0.15) is 8.42 Å². The van der Waals surface area contributed by atoms with Gasteiger partial charge in [-0.3, -0.25) is 4.55 Å². The zero-order valence-corrected chi connectivity index (χ0v) is 19.4. The Morgan fingerprint density at radius 2 is 1.66 bits per heavy atom. The van der Waals surface area contributed by atoms with Crippen LogP contribution >= 0.6 is 0 Å². The van der Waals surface area contributed by atoms with Crippen LogP contribution in [0.25, 0.3) is 10.4 Å². The van der Waals surface area contributed by atoms with E-state index in [2.05, 4.69) is 14.2 Å². The predicted molar refractivity (Wildman–Crippen MR) is 113 cm³/mol. The van der Waals surface area contributed by atoms with Gasteiger partial charge in [-0.05, 0) is 18.4 Å². The molecular formula is C17H32N4O13S. The molecule has 2 rings (SSSR count). The van der Waals surface area contributed by atoms with Gasteiger partial charge < -0.3 is 50.2 Å². The van der Waals surface area contributed by atoms with Crippen LogP contribution in [-0.2, 0) is 33.5 Å². The third-order valence-electron chi connectivity index (χ3n) is 5.49. The molecule has 204 valence electrons. The van der Waals surface area contributed by atoms with Crippen molar-refractivity contribution in [2.24, 2.45) is 10.8 Å². The number of unbranched alkanes of at least 4 members (excludes halogenated alkanes) is 2. The van der Waals surface area contributed by atoms with E-state index in [9.17, 15) is 34.0 Å². The minimum absolute atomic E-state index is 0.130. The number of azide groups is 1. The van der Waals surface area contributed by atoms with E-state index in [0.717, 1.165) is 0 Å². The van der Waals surface area contributed by atoms with Crippen LogP contribution in [0.2, 0.25) is 0 Å². The van der Waals surface area contributed by atoms with Crippen molar-refractivity contribution in [1.29, 1.82) is 0 Å². The smallest absolute Gasteiger partial charge is 0.394 e. The highest BCUT2D eigenvalue weighted by Crippen LogP contribution is 2.29. The van der Waals surface area contributed by atoms with Crippen molar-refractivity contribution in [2.75, 3.05) is 26.4 Å². The Hall–Kier alpha value is -1.22. The second-order valence-electron chi connectivity index (χ2n) is 8.01. The predicted octanol–water partition coefficient (Wildman–Crippen LogP) is -3.10. The van der Waals surface area contributed by atoms with E-state index >= 15 is 0 Å². The largest absolute Gasteiger partial charge is 0.397 e. The molecule has 0 radical (unpaired) electrons. The lowest BCUT2D eigenvalue weighted by molar-refractivity contribution is -0.346. The molecule has 2 fully saturated rings. The van der Waals surface area contributed by atoms with E-state index in [1.807, 2.05) is 0 Å². The number of nitrogens with zero attached hydrogens (tertiary/aromatic N) is 3. The third-order valence-corrected chi connectivity index (χ3v) is 5.92. The summed E-state index contributed by atoms with van der Waals surface area (Å²) in [5.74, 6) is 0. The number of aliphatic hydroxyl groups is 5. The van der Waals surface area contributed by atoms with Gasteiger partial charge in [0.25, 0.3) is 0 Å². The molecule has 0 amide bonds. The molecule has 0 aromatic rings. The summed E-state index contributed by atoms with van der Waals surface area (Å²) in [5, 5.41) is 53.5. The van der Waals surface area contributed by atoms with Crippen molar-refractivity contribution >= 4 is 10.4 Å². The Kier molecular flexibility index (Phi) is 11.9. The summed E-state index contributed by atoms with van der Waals surface area (Å²) < 4.78 is 57.3. The Bertz CT molecular complexity index is 799. The summed E-state index contributed by atoms with van der Waals surface area (Å²) in [6.07, 6.45) is -12.2. The first-order chi connectivity index (χ1) is 16.5. The molecule has 0 aliphatic carbocycles. The maximum atomic E-state index is 11.1. The van der Waals surface area contributed by atoms with Crippen LogP contribution in [-0.4, -0.2) is 126 Å². The maximum Gasteiger partial charge on any atom is 0.397 e. The summed E-state index contributed by atoms with van der Waals surface area (Å²) >= 11 is 0. The van der Waals surface area contributed by atoms with Crippen molar-refractivity contribution in [1.82, 2.24) is 0 Å². The van der Waals surface area contributed by atoms with Gasteiger partial charge in [0.1, 0.15) is 42.7 Å². The first kappa shape index (κ1) is 30.0. The Balaban J connectivity index is 2.07. The lowest BCUT2D eigenvalue weighted by Gasteiger charge is -2.46. The van der Waals surface area contributed by atoms with E-state index in [0.29, 0.717) is 25.8 Å². The highest BCUT2D eigenvalue weighted by molar-refractivity contribution is 7.80. The molecular weight excluding hydrogens is 500 g/mol. The molecule has 0 aromatic carbocycles. The number of ether oxygens (including phenoxy) is 4. The Morgan fingerprint density at radius 3 is 2.29 bits per heavy atom. The van der Waals surface area contributed by atoms with E-state index < -0.39 is 85.0 Å². The molecule has 4 unspecified atom stereocenters. The topological polar surface area (TPSA) is 276 Å². The van der Waals surface area contributed by atoms with Crippen molar-refractivity contribution in [3.63, 3.8) is 0 Å². The Morgan fingerprint density at radius 1 is 0.971 bits per heavy atom. The van der Waals surface area contributed by atoms with Crippen molar-refractivity contribution in [2.45, 2.75) is 80.6 Å². The molecule has 2 heterocycles. The van der Waals surface area contributed by atoms with Gasteiger partial charge >= 0.3 is 10.4 Å². The normalized spacial score (nSPS) is 38.1. The summed E-state index contributed by atoms with van der Waals surface area (Å²) in [6, 6.07) is -1.23. The molecule has 2 saturated heterocycles. The fourth-order valence-electron chi connectivity index (χ4n) is 3.59. The summed E-state index contributed by atoms with van der Waals surface area (Å²) in [6.45, 7) is -1.13. The van der Waals surface area contributed by atoms with Crippen molar-refractivity contribution in [3.8, 4) is 0 Å². The van der Waals surface area contributed by atoms with Crippen LogP contribution in [0.4, 0.5) is 0 Å². The molecule has 2 aliphatic rings. The van der Waals surface area contributed by atoms with Crippen LogP contribution in [0.15, 0.2) is 5.11 Å². The molecule has 0 aromatic heterocycles. The molecule has 0 spiro atoms. The van der Waals surface area contributed by atoms with Crippen LogP contribution in [0, 0.1) is 0 Å². The van der Waals surface area contributed by atoms with Crippen molar-refractivity contribution < 1.29 is 61.6 Å². The van der Waals surface area contributed by atoms with Crippen molar-refractivity contribution in [3.05, 3.63) is 10.4 Å². The van der Waals surface area contributed by atoms with Gasteiger partial charge in [0.05, 0.1) is 19.3 Å². The lowest BCUT2D eigenvalue weighted by atomic mass is 9.96. The molecule has 8 N–H and O–H groups in total. The van der Waals surface area contributed by atoms with Gasteiger partial charge in [0.2, 0.25) is 0 Å². The fraction of sp³-hybridized carbons (Fsp3) is 1.00. The monoisotopic (exact) mass is 532 g/mol. The highest BCUT2D eigenvalue weighted by Gasteiger charge is 2.50. The molecule has 2 aliphatic heterocycles. The zero-order valence-electron chi connectivity index (χ0n) is 18.6. The first-order valence-corrected chi connectivity index (χ1v) is 12.2. The van der Waals surface area contributed by atoms with E-state index in [4.69, 9.17) is 34.8 Å². The van der Waals surface area contributed by atoms with E-state index in [1.54, 1.807) is 0 Å². The summed E-state index contributed by atoms with van der Waals surface area (Å²) in [5.41, 5.74) is 14.3. The molecule has 0 bridgehead atoms. The number of aliphatic hydroxyl groups excluding tert-OH is 5. The van der Waals surface area contributed by atoms with Gasteiger partial charge in [-0.25, -0.2) is 4.18 Å². The minimum atomic E-state index is -4.91. The Labute approximate surface area is 200 Å². The standard InChI is InChI=1S/C17H32N4O13S/c18-10-12(24)15(34-17-14(26)13(25)11(23)8(6-22)32-17)9(7-31-35(27,28)29)33-16(10)30-5-3-1-2-4-20-21-19/h8-17,22-26H,1-7,18H2,(H,27,28,29)/t8?,9?,10?,11-,12+,13-,14?,15+,16+,17-/m0/s1. The van der Waals surface area contributed by atoms with Gasteiger partial charge in [0, 0.05) is 18.1 Å². The summed E-state index contributed by atoms with van der Waals surface area (Å²) in [4.78, 5) is 2.64. The number of hydrogen-bond acceptors (Lipinski definition) is 14. The quantitative estimate of drug-likeness (QED) is 0.0407. The molecule has 17 nitrogen and oxygen atoms in total. The minimum Gasteiger partial charge on any atom is -0.394 e. The second-order valence-corrected chi connectivity index (χ2v) is 9.10. The van der Waals surface area contributed by atoms with E-state index in [-0.39, 0.29) is 6.61 Å². The zero-order chi connectivity index (χ0) is 26.2. The molecule has 35 heavy (non-hydrogen) atoms. The highest BCUT2D eigenvalue weighted by atomic mass is 32.3. The number of nitrogens with two attached hydrogens (primary N) is 1. The molecule has 0 saturated carbocycles. The van der Waals surface area contributed by atoms with Crippen LogP contribution in [0.1, 0.15) is 19.3 Å². The van der Waals surface area contributed by atoms with Gasteiger partial charge in [0.15, 0.2) is 12.6 Å². The molecule has 18 heteroatoms. The average Bonchev–Trinajstić information content (AvgIpc) is 2.81. The maximum absolute atomic E-state index is 11.1. The number of hydrogen-bond donors (Lipinski definition) is 7. The van der Waals surface area contributed by atoms with E-state index in [1.165, 1.54) is 0 Å². The van der Waals surface area contributed by atoms with Crippen LogP contribution in [0.5, 0.6) is 0 Å². The van der Waals surface area contributed by atoms with Crippen LogP contribution < -0.4 is 5.73 Å². The first-order valence-electron chi connectivity index (χ1n) is 10.8. The lowest BCUT2D eigenvalue weighted by Crippen LogP contribution is -2.66. The van der Waals surface area contributed by atoms with Crippen LogP contribution in [0.3, 0.4) is 0 Å². The van der Waals surface area contributed by atoms with Gasteiger partial charge in [-0.15, -0.1) is 0 Å². The van der Waals surface area contributed by atoms with Gasteiger partial charge in [-0.1, -0.05) is 11.5 Å². The summed E-state index contributed by atoms with van der Waals surface area (Å²) in [7, 11) is -4.91. The SMILES string of the molecule is [N-]=[N+]=NCCCCCO[C@@H]1OC(COS(=O)(=O)O)[C@@H](O[C@@H]2OC(CO)[C@H](O)[C@H](O)C2O)[C@H](O)C1N. The molecule has 10 atom stereocenters. The fourth-order valence-corrected chi connectivity index (χ4v) is 3.89. The second kappa shape index (κ2) is 13.9. The third kappa shape index (κ3) is 8.69. The average molecular weight is 533 g/mol. The number of rotatable bonds is 13.